The minimum Gasteiger partial charge on any atom is -0.450 e. The van der Waals surface area contributed by atoms with Crippen molar-refractivity contribution in [1.29, 1.82) is 0 Å². The van der Waals surface area contributed by atoms with Gasteiger partial charge < -0.3 is 19.5 Å². The topological polar surface area (TPSA) is 122 Å². The molecule has 1 amide bonds. The van der Waals surface area contributed by atoms with Crippen LogP contribution in [0.3, 0.4) is 0 Å². The van der Waals surface area contributed by atoms with E-state index in [2.05, 4.69) is 46.9 Å². The Labute approximate surface area is 198 Å². The molecular weight excluding hydrogens is 436 g/mol. The average molecular weight is 467 g/mol. The van der Waals surface area contributed by atoms with Gasteiger partial charge in [-0.15, -0.1) is 0 Å². The molecule has 1 saturated carbocycles. The van der Waals surface area contributed by atoms with Crippen molar-refractivity contribution in [3.05, 3.63) is 59.9 Å². The number of hydrogen-bond acceptors (Lipinski definition) is 5. The normalized spacial score (nSPS) is 13.3. The van der Waals surface area contributed by atoms with E-state index in [0.29, 0.717) is 17.1 Å². The van der Waals surface area contributed by atoms with Crippen LogP contribution < -0.4 is 5.32 Å². The lowest BCUT2D eigenvalue weighted by Gasteiger charge is -2.25. The number of carbonyl (C=O) groups excluding carboxylic acids is 1. The van der Waals surface area contributed by atoms with Gasteiger partial charge in [0.15, 0.2) is 5.76 Å². The van der Waals surface area contributed by atoms with E-state index in [9.17, 15) is 4.79 Å². The molecule has 0 bridgehead atoms. The number of carboxylic acid groups (broad SMARTS) is 2. The molecule has 1 aromatic heterocycles. The van der Waals surface area contributed by atoms with Gasteiger partial charge >= 0.3 is 12.2 Å². The molecule has 4 rings (SSSR count). The van der Waals surface area contributed by atoms with Crippen LogP contribution in [0.25, 0.3) is 22.4 Å². The summed E-state index contributed by atoms with van der Waals surface area (Å²) in [5, 5.41) is 20.9. The van der Waals surface area contributed by atoms with Crippen LogP contribution in [0.15, 0.2) is 53.1 Å². The number of anilines is 1. The first-order chi connectivity index (χ1) is 16.0. The second kappa shape index (κ2) is 10.4. The van der Waals surface area contributed by atoms with E-state index in [1.54, 1.807) is 6.92 Å². The van der Waals surface area contributed by atoms with Gasteiger partial charge in [0.25, 0.3) is 0 Å². The molecular formula is C26H30N2O6. The van der Waals surface area contributed by atoms with Gasteiger partial charge in [0.2, 0.25) is 0 Å². The molecule has 34 heavy (non-hydrogen) atoms. The molecule has 8 heteroatoms. The third-order valence-electron chi connectivity index (χ3n) is 5.47. The van der Waals surface area contributed by atoms with E-state index >= 15 is 0 Å². The molecule has 3 N–H and O–H groups in total. The number of rotatable bonds is 4. The van der Waals surface area contributed by atoms with Gasteiger partial charge in [-0.3, -0.25) is 5.32 Å². The lowest BCUT2D eigenvalue weighted by molar-refractivity contribution is 0.0635. The summed E-state index contributed by atoms with van der Waals surface area (Å²) in [4.78, 5) is 20.8. The maximum Gasteiger partial charge on any atom is 0.503 e. The molecule has 1 heterocycles. The molecule has 2 aromatic carbocycles. The summed E-state index contributed by atoms with van der Waals surface area (Å²) in [6.07, 6.45) is 1.61. The van der Waals surface area contributed by atoms with Crippen molar-refractivity contribution >= 4 is 17.9 Å². The number of hydrogen-bond donors (Lipinski definition) is 3. The summed E-state index contributed by atoms with van der Waals surface area (Å²) in [5.74, 6) is 1.28. The molecule has 0 saturated heterocycles. The van der Waals surface area contributed by atoms with E-state index in [1.165, 1.54) is 30.4 Å². The number of carbonyl (C=O) groups is 2. The van der Waals surface area contributed by atoms with Gasteiger partial charge in [-0.05, 0) is 63.1 Å². The molecule has 1 fully saturated rings. The minimum absolute atomic E-state index is 0.529. The summed E-state index contributed by atoms with van der Waals surface area (Å²) in [6.45, 7) is 7.24. The molecule has 0 unspecified atom stereocenters. The van der Waals surface area contributed by atoms with Crippen molar-refractivity contribution in [2.45, 2.75) is 58.5 Å². The van der Waals surface area contributed by atoms with Crippen LogP contribution in [-0.4, -0.2) is 33.2 Å². The fraction of sp³-hybridized carbons (Fsp3) is 0.346. The second-order valence-corrected chi connectivity index (χ2v) is 9.20. The summed E-state index contributed by atoms with van der Waals surface area (Å²) in [6, 6.07) is 17.0. The lowest BCUT2D eigenvalue weighted by Crippen LogP contribution is -2.27. The van der Waals surface area contributed by atoms with E-state index in [4.69, 9.17) is 24.3 Å². The number of aryl methyl sites for hydroxylation is 1. The summed E-state index contributed by atoms with van der Waals surface area (Å²) in [7, 11) is 0. The van der Waals surface area contributed by atoms with Crippen molar-refractivity contribution in [2.75, 3.05) is 5.32 Å². The third-order valence-corrected chi connectivity index (χ3v) is 5.47. The van der Waals surface area contributed by atoms with Gasteiger partial charge in [-0.25, -0.2) is 9.59 Å². The summed E-state index contributed by atoms with van der Waals surface area (Å²) < 4.78 is 10.7. The smallest absolute Gasteiger partial charge is 0.450 e. The zero-order valence-electron chi connectivity index (χ0n) is 19.8. The number of nitrogens with zero attached hydrogens (tertiary/aromatic N) is 1. The largest absolute Gasteiger partial charge is 0.503 e. The average Bonchev–Trinajstić information content (AvgIpc) is 3.06. The zero-order chi connectivity index (χ0) is 24.9. The molecule has 3 aromatic rings. The van der Waals surface area contributed by atoms with Crippen molar-refractivity contribution < 1.29 is 29.1 Å². The molecule has 1 aliphatic rings. The Morgan fingerprint density at radius 2 is 1.47 bits per heavy atom. The van der Waals surface area contributed by atoms with Gasteiger partial charge in [0.05, 0.1) is 0 Å². The van der Waals surface area contributed by atoms with Crippen LogP contribution in [0, 0.1) is 6.92 Å². The molecule has 0 spiro atoms. The Balaban J connectivity index is 0.000000751. The highest BCUT2D eigenvalue weighted by molar-refractivity contribution is 5.91. The first-order valence-electron chi connectivity index (χ1n) is 11.1. The molecule has 1 aliphatic carbocycles. The van der Waals surface area contributed by atoms with Crippen LogP contribution in [0.1, 0.15) is 57.3 Å². The Hall–Kier alpha value is -3.81. The van der Waals surface area contributed by atoms with E-state index in [1.807, 2.05) is 32.9 Å². The Kier molecular flexibility index (Phi) is 7.61. The predicted octanol–water partition coefficient (Wildman–Crippen LogP) is 7.15. The van der Waals surface area contributed by atoms with Gasteiger partial charge in [-0.1, -0.05) is 60.1 Å². The number of nitrogens with one attached hydrogen (secondary N) is 1. The highest BCUT2D eigenvalue weighted by atomic mass is 16.6. The highest BCUT2D eigenvalue weighted by Gasteiger charge is 2.22. The fourth-order valence-corrected chi connectivity index (χ4v) is 3.63. The summed E-state index contributed by atoms with van der Waals surface area (Å²) >= 11 is 0. The van der Waals surface area contributed by atoms with Crippen LogP contribution in [0.4, 0.5) is 15.3 Å². The number of benzene rings is 2. The van der Waals surface area contributed by atoms with E-state index in [0.717, 1.165) is 17.0 Å². The van der Waals surface area contributed by atoms with Crippen LogP contribution in [0.2, 0.25) is 0 Å². The molecule has 8 nitrogen and oxygen atoms in total. The van der Waals surface area contributed by atoms with Crippen molar-refractivity contribution in [3.63, 3.8) is 0 Å². The van der Waals surface area contributed by atoms with Crippen molar-refractivity contribution in [2.24, 2.45) is 0 Å². The molecule has 180 valence electrons. The zero-order valence-corrected chi connectivity index (χ0v) is 19.8. The van der Waals surface area contributed by atoms with E-state index < -0.39 is 17.8 Å². The van der Waals surface area contributed by atoms with Gasteiger partial charge in [0, 0.05) is 5.56 Å². The third kappa shape index (κ3) is 6.60. The predicted molar refractivity (Wildman–Crippen MR) is 129 cm³/mol. The fourth-order valence-electron chi connectivity index (χ4n) is 3.63. The minimum atomic E-state index is -1.83. The van der Waals surface area contributed by atoms with Crippen molar-refractivity contribution in [3.8, 4) is 22.4 Å². The maximum absolute atomic E-state index is 12.2. The van der Waals surface area contributed by atoms with Crippen molar-refractivity contribution in [1.82, 2.24) is 5.16 Å². The van der Waals surface area contributed by atoms with Crippen LogP contribution in [-0.2, 0) is 4.74 Å². The molecule has 0 aliphatic heterocycles. The Morgan fingerprint density at radius 1 is 0.971 bits per heavy atom. The maximum atomic E-state index is 12.2. The first-order valence-corrected chi connectivity index (χ1v) is 11.1. The Morgan fingerprint density at radius 3 is 1.94 bits per heavy atom. The standard InChI is InChI=1S/C25H28N2O3.CH2O3/c1-16-22(26-24(28)29-25(2,3)4)23(27-30-16)21-14-12-20(13-15-21)19-10-8-18(9-11-19)17-6-5-7-17;2-1(3)4/h8-15,17H,5-7H2,1-4H3,(H,26,28);(H2,2,3,4). The van der Waals surface area contributed by atoms with E-state index in [-0.39, 0.29) is 0 Å². The van der Waals surface area contributed by atoms with Gasteiger partial charge in [-0.2, -0.15) is 0 Å². The quantitative estimate of drug-likeness (QED) is 0.373. The molecule has 0 atom stereocenters. The highest BCUT2D eigenvalue weighted by Crippen LogP contribution is 2.37. The SMILES string of the molecule is Cc1onc(-c2ccc(-c3ccc(C4CCC4)cc3)cc2)c1NC(=O)OC(C)(C)C.O=C(O)O. The monoisotopic (exact) mass is 466 g/mol. The number of amides is 1. The molecule has 0 radical (unpaired) electrons. The number of ether oxygens (including phenoxy) is 1. The second-order valence-electron chi connectivity index (χ2n) is 9.20. The summed E-state index contributed by atoms with van der Waals surface area (Å²) in [5.41, 5.74) is 5.18. The van der Waals surface area contributed by atoms with Gasteiger partial charge in [0.1, 0.15) is 17.0 Å². The number of aromatic nitrogens is 1. The first kappa shape index (κ1) is 24.8. The van der Waals surface area contributed by atoms with Crippen LogP contribution in [0.5, 0.6) is 0 Å². The lowest BCUT2D eigenvalue weighted by atomic mass is 9.80. The van der Waals surface area contributed by atoms with Crippen LogP contribution >= 0.6 is 0 Å². The Bertz CT molecular complexity index is 1120.